The number of hydrogen-bond acceptors (Lipinski definition) is 2. The lowest BCUT2D eigenvalue weighted by Gasteiger charge is -2.05. The van der Waals surface area contributed by atoms with Crippen LogP contribution in [-0.4, -0.2) is 19.0 Å². The predicted molar refractivity (Wildman–Crippen MR) is 69.7 cm³/mol. The summed E-state index contributed by atoms with van der Waals surface area (Å²) in [5, 5.41) is 3.62. The van der Waals surface area contributed by atoms with Crippen LogP contribution in [0.15, 0.2) is 18.2 Å². The number of rotatable bonds is 4. The average Bonchev–Trinajstić information content (AvgIpc) is 2.16. The minimum absolute atomic E-state index is 0. The molecule has 0 spiro atoms. The van der Waals surface area contributed by atoms with E-state index in [4.69, 9.17) is 28.9 Å². The van der Waals surface area contributed by atoms with Crippen LogP contribution in [0.25, 0.3) is 0 Å². The molecule has 0 bridgehead atoms. The minimum Gasteiger partial charge on any atom is -0.352 e. The number of hydrogen-bond donors (Lipinski definition) is 2. The fourth-order valence-corrected chi connectivity index (χ4v) is 1.62. The van der Waals surface area contributed by atoms with E-state index in [9.17, 15) is 4.79 Å². The van der Waals surface area contributed by atoms with Crippen LogP contribution in [0.3, 0.4) is 0 Å². The lowest BCUT2D eigenvalue weighted by atomic mass is 10.2. The van der Waals surface area contributed by atoms with Gasteiger partial charge in [-0.25, -0.2) is 0 Å². The summed E-state index contributed by atoms with van der Waals surface area (Å²) in [6, 6.07) is 4.73. The summed E-state index contributed by atoms with van der Waals surface area (Å²) in [6.07, 6.45) is 0.750. The van der Waals surface area contributed by atoms with Crippen LogP contribution in [-0.2, 0) is 0 Å². The number of nitrogens with one attached hydrogen (secondary N) is 1. The van der Waals surface area contributed by atoms with Crippen LogP contribution < -0.4 is 11.1 Å². The lowest BCUT2D eigenvalue weighted by molar-refractivity contribution is 0.0953. The molecule has 0 radical (unpaired) electrons. The summed E-state index contributed by atoms with van der Waals surface area (Å²) < 4.78 is 0. The Labute approximate surface area is 111 Å². The summed E-state index contributed by atoms with van der Waals surface area (Å²) in [4.78, 5) is 11.6. The van der Waals surface area contributed by atoms with Crippen molar-refractivity contribution in [2.24, 2.45) is 5.73 Å². The van der Waals surface area contributed by atoms with E-state index in [1.165, 1.54) is 0 Å². The van der Waals surface area contributed by atoms with E-state index in [1.807, 2.05) is 0 Å². The van der Waals surface area contributed by atoms with Crippen molar-refractivity contribution in [2.75, 3.05) is 13.1 Å². The highest BCUT2D eigenvalue weighted by Gasteiger charge is 2.06. The van der Waals surface area contributed by atoms with Gasteiger partial charge >= 0.3 is 0 Å². The van der Waals surface area contributed by atoms with Crippen molar-refractivity contribution >= 4 is 41.5 Å². The normalized spacial score (nSPS) is 9.44. The van der Waals surface area contributed by atoms with Gasteiger partial charge in [-0.15, -0.1) is 12.4 Å². The zero-order chi connectivity index (χ0) is 11.3. The summed E-state index contributed by atoms with van der Waals surface area (Å²) in [6.45, 7) is 1.11. The second-order valence-electron chi connectivity index (χ2n) is 3.06. The van der Waals surface area contributed by atoms with Crippen LogP contribution in [0.4, 0.5) is 0 Å². The first kappa shape index (κ1) is 15.5. The second-order valence-corrected chi connectivity index (χ2v) is 3.93. The van der Waals surface area contributed by atoms with Gasteiger partial charge in [0.25, 0.3) is 5.91 Å². The van der Waals surface area contributed by atoms with Gasteiger partial charge < -0.3 is 11.1 Å². The zero-order valence-electron chi connectivity index (χ0n) is 8.50. The van der Waals surface area contributed by atoms with E-state index in [0.717, 1.165) is 6.42 Å². The van der Waals surface area contributed by atoms with Crippen LogP contribution in [0.1, 0.15) is 16.8 Å². The molecule has 0 unspecified atom stereocenters. The third kappa shape index (κ3) is 5.03. The molecule has 6 heteroatoms. The van der Waals surface area contributed by atoms with Crippen molar-refractivity contribution in [2.45, 2.75) is 6.42 Å². The highest BCUT2D eigenvalue weighted by atomic mass is 35.5. The molecule has 0 fully saturated rings. The Morgan fingerprint density at radius 1 is 1.25 bits per heavy atom. The van der Waals surface area contributed by atoms with Gasteiger partial charge in [0, 0.05) is 22.2 Å². The number of carbonyl (C=O) groups excluding carboxylic acids is 1. The maximum absolute atomic E-state index is 11.6. The minimum atomic E-state index is -0.187. The zero-order valence-corrected chi connectivity index (χ0v) is 10.8. The molecule has 16 heavy (non-hydrogen) atoms. The predicted octanol–water partition coefficient (Wildman–Crippen LogP) is 2.49. The molecule has 1 rings (SSSR count). The fraction of sp³-hybridized carbons (Fsp3) is 0.300. The van der Waals surface area contributed by atoms with Gasteiger partial charge in [-0.1, -0.05) is 23.2 Å². The highest BCUT2D eigenvalue weighted by Crippen LogP contribution is 2.18. The summed E-state index contributed by atoms with van der Waals surface area (Å²) >= 11 is 11.5. The van der Waals surface area contributed by atoms with Gasteiger partial charge in [-0.2, -0.15) is 0 Å². The van der Waals surface area contributed by atoms with Gasteiger partial charge in [0.1, 0.15) is 0 Å². The van der Waals surface area contributed by atoms with Crippen molar-refractivity contribution in [1.29, 1.82) is 0 Å². The van der Waals surface area contributed by atoms with E-state index in [1.54, 1.807) is 18.2 Å². The smallest absolute Gasteiger partial charge is 0.251 e. The second kappa shape index (κ2) is 7.74. The molecule has 1 aromatic carbocycles. The van der Waals surface area contributed by atoms with E-state index in [2.05, 4.69) is 5.32 Å². The lowest BCUT2D eigenvalue weighted by Crippen LogP contribution is -2.25. The summed E-state index contributed by atoms with van der Waals surface area (Å²) in [5.41, 5.74) is 5.77. The molecule has 1 aromatic rings. The molecule has 0 saturated heterocycles. The third-order valence-corrected chi connectivity index (χ3v) is 2.23. The number of halogens is 3. The Bertz CT molecular complexity index is 338. The molecule has 0 atom stereocenters. The number of amides is 1. The standard InChI is InChI=1S/C10H12Cl2N2O.ClH/c11-8-4-7(5-9(12)6-8)10(15)14-3-1-2-13;/h4-6H,1-3,13H2,(H,14,15);1H. The van der Waals surface area contributed by atoms with Crippen molar-refractivity contribution in [1.82, 2.24) is 5.32 Å². The van der Waals surface area contributed by atoms with Crippen LogP contribution in [0, 0.1) is 0 Å². The molecule has 1 amide bonds. The maximum Gasteiger partial charge on any atom is 0.251 e. The molecule has 0 aliphatic rings. The van der Waals surface area contributed by atoms with Gasteiger partial charge in [0.05, 0.1) is 0 Å². The maximum atomic E-state index is 11.6. The SMILES string of the molecule is Cl.NCCCNC(=O)c1cc(Cl)cc(Cl)c1. The summed E-state index contributed by atoms with van der Waals surface area (Å²) in [5.74, 6) is -0.187. The summed E-state index contributed by atoms with van der Waals surface area (Å²) in [7, 11) is 0. The monoisotopic (exact) mass is 282 g/mol. The van der Waals surface area contributed by atoms with E-state index in [-0.39, 0.29) is 18.3 Å². The molecule has 3 N–H and O–H groups in total. The topological polar surface area (TPSA) is 55.1 Å². The Morgan fingerprint density at radius 3 is 2.31 bits per heavy atom. The number of nitrogens with two attached hydrogens (primary N) is 1. The van der Waals surface area contributed by atoms with E-state index >= 15 is 0 Å². The molecule has 0 heterocycles. The molecular formula is C10H13Cl3N2O. The first-order chi connectivity index (χ1) is 7.13. The molecule has 3 nitrogen and oxygen atoms in total. The Morgan fingerprint density at radius 2 is 1.81 bits per heavy atom. The third-order valence-electron chi connectivity index (χ3n) is 1.79. The van der Waals surface area contributed by atoms with Crippen molar-refractivity contribution in [3.05, 3.63) is 33.8 Å². The average molecular weight is 284 g/mol. The molecular weight excluding hydrogens is 270 g/mol. The number of benzene rings is 1. The Balaban J connectivity index is 0.00000225. The van der Waals surface area contributed by atoms with Crippen molar-refractivity contribution < 1.29 is 4.79 Å². The first-order valence-electron chi connectivity index (χ1n) is 4.58. The highest BCUT2D eigenvalue weighted by molar-refractivity contribution is 6.35. The quantitative estimate of drug-likeness (QED) is 0.834. The van der Waals surface area contributed by atoms with Crippen molar-refractivity contribution in [3.63, 3.8) is 0 Å². The molecule has 0 aliphatic carbocycles. The molecule has 0 aliphatic heterocycles. The Hall–Kier alpha value is -0.480. The molecule has 0 aromatic heterocycles. The largest absolute Gasteiger partial charge is 0.352 e. The van der Waals surface area contributed by atoms with Crippen molar-refractivity contribution in [3.8, 4) is 0 Å². The number of carbonyl (C=O) groups is 1. The Kier molecular flexibility index (Phi) is 7.51. The van der Waals surface area contributed by atoms with E-state index in [0.29, 0.717) is 28.7 Å². The molecule has 0 saturated carbocycles. The van der Waals surface area contributed by atoms with Crippen LogP contribution in [0.2, 0.25) is 10.0 Å². The van der Waals surface area contributed by atoms with E-state index < -0.39 is 0 Å². The van der Waals surface area contributed by atoms with Gasteiger partial charge in [-0.05, 0) is 31.2 Å². The van der Waals surface area contributed by atoms with Crippen LogP contribution in [0.5, 0.6) is 0 Å². The van der Waals surface area contributed by atoms with Gasteiger partial charge in [-0.3, -0.25) is 4.79 Å². The fourth-order valence-electron chi connectivity index (χ4n) is 1.09. The molecule has 90 valence electrons. The van der Waals surface area contributed by atoms with Gasteiger partial charge in [0.15, 0.2) is 0 Å². The van der Waals surface area contributed by atoms with Crippen LogP contribution >= 0.6 is 35.6 Å². The first-order valence-corrected chi connectivity index (χ1v) is 5.33. The van der Waals surface area contributed by atoms with Gasteiger partial charge in [0.2, 0.25) is 0 Å².